The number of carbonyl (C=O) groups is 2. The number of aromatic hydroxyl groups is 1. The topological polar surface area (TPSA) is 86.6 Å². The van der Waals surface area contributed by atoms with Crippen molar-refractivity contribution in [3.63, 3.8) is 0 Å². The zero-order chi connectivity index (χ0) is 15.6. The molecule has 1 amide bonds. The molecule has 3 N–H and O–H groups in total. The molecule has 2 aromatic carbocycles. The van der Waals surface area contributed by atoms with Crippen LogP contribution in [0.2, 0.25) is 0 Å². The van der Waals surface area contributed by atoms with E-state index >= 15 is 0 Å². The van der Waals surface area contributed by atoms with Crippen LogP contribution in [-0.2, 0) is 0 Å². The smallest absolute Gasteiger partial charge is 0.339 e. The highest BCUT2D eigenvalue weighted by Crippen LogP contribution is 2.28. The number of hydrogen-bond acceptors (Lipinski definition) is 3. The molecule has 0 aliphatic heterocycles. The van der Waals surface area contributed by atoms with Crippen molar-refractivity contribution in [2.45, 2.75) is 0 Å². The number of carbonyl (C=O) groups excluding carboxylic acids is 1. The van der Waals surface area contributed by atoms with Crippen LogP contribution in [0.15, 0.2) is 40.9 Å². The van der Waals surface area contributed by atoms with Crippen LogP contribution in [0.3, 0.4) is 0 Å². The Morgan fingerprint density at radius 2 is 1.90 bits per heavy atom. The zero-order valence-electron chi connectivity index (χ0n) is 10.4. The molecule has 0 saturated carbocycles. The van der Waals surface area contributed by atoms with Gasteiger partial charge in [-0.15, -0.1) is 0 Å². The lowest BCUT2D eigenvalue weighted by Gasteiger charge is -2.09. The average molecular weight is 354 g/mol. The summed E-state index contributed by atoms with van der Waals surface area (Å²) in [5.41, 5.74) is -0.211. The third-order valence-corrected chi connectivity index (χ3v) is 3.30. The predicted molar refractivity (Wildman–Crippen MR) is 77.1 cm³/mol. The number of aromatic carboxylic acids is 1. The number of amides is 1. The Labute approximate surface area is 127 Å². The highest BCUT2D eigenvalue weighted by atomic mass is 79.9. The van der Waals surface area contributed by atoms with Crippen LogP contribution in [0.5, 0.6) is 5.75 Å². The Kier molecular flexibility index (Phi) is 4.23. The van der Waals surface area contributed by atoms with Crippen molar-refractivity contribution in [3.8, 4) is 5.75 Å². The Bertz CT molecular complexity index is 733. The minimum absolute atomic E-state index is 0.0413. The number of carboxylic acids is 1. The number of rotatable bonds is 3. The number of benzene rings is 2. The molecule has 0 fully saturated rings. The van der Waals surface area contributed by atoms with E-state index in [0.29, 0.717) is 0 Å². The zero-order valence-corrected chi connectivity index (χ0v) is 12.0. The Balaban J connectivity index is 2.29. The molecule has 108 valence electrons. The largest absolute Gasteiger partial charge is 0.505 e. The monoisotopic (exact) mass is 353 g/mol. The highest BCUT2D eigenvalue weighted by Gasteiger charge is 2.16. The molecule has 7 heteroatoms. The molecule has 2 aromatic rings. The third-order valence-electron chi connectivity index (χ3n) is 2.70. The highest BCUT2D eigenvalue weighted by molar-refractivity contribution is 9.10. The minimum Gasteiger partial charge on any atom is -0.505 e. The summed E-state index contributed by atoms with van der Waals surface area (Å²) in [6.45, 7) is 0. The van der Waals surface area contributed by atoms with Gasteiger partial charge in [-0.2, -0.15) is 0 Å². The number of anilines is 1. The second-order valence-electron chi connectivity index (χ2n) is 4.09. The number of para-hydroxylation sites is 1. The first-order valence-electron chi connectivity index (χ1n) is 5.72. The van der Waals surface area contributed by atoms with E-state index in [4.69, 9.17) is 5.11 Å². The molecule has 0 radical (unpaired) electrons. The first-order chi connectivity index (χ1) is 9.90. The van der Waals surface area contributed by atoms with E-state index in [0.717, 1.165) is 6.07 Å². The second kappa shape index (κ2) is 5.92. The van der Waals surface area contributed by atoms with Crippen LogP contribution in [0.4, 0.5) is 10.1 Å². The molecule has 21 heavy (non-hydrogen) atoms. The van der Waals surface area contributed by atoms with Gasteiger partial charge in [0, 0.05) is 5.56 Å². The quantitative estimate of drug-likeness (QED) is 0.739. The molecular formula is C14H9BrFNO4. The van der Waals surface area contributed by atoms with Gasteiger partial charge in [-0.3, -0.25) is 4.79 Å². The molecule has 0 aliphatic rings. The molecular weight excluding hydrogens is 345 g/mol. The van der Waals surface area contributed by atoms with Gasteiger partial charge in [0.15, 0.2) is 5.75 Å². The summed E-state index contributed by atoms with van der Waals surface area (Å²) >= 11 is 2.96. The SMILES string of the molecule is O=C(Nc1cccc(C(=O)O)c1O)c1ccc(F)c(Br)c1. The standard InChI is InChI=1S/C14H9BrFNO4/c15-9-6-7(4-5-10(9)16)13(19)17-11-3-1-2-8(12(11)18)14(20)21/h1-6,18H,(H,17,19)(H,20,21). The molecule has 0 spiro atoms. The molecule has 0 aliphatic carbocycles. The maximum atomic E-state index is 13.1. The fourth-order valence-corrected chi connectivity index (χ4v) is 2.03. The number of nitrogens with one attached hydrogen (secondary N) is 1. The van der Waals surface area contributed by atoms with Crippen molar-refractivity contribution in [2.24, 2.45) is 0 Å². The van der Waals surface area contributed by atoms with Gasteiger partial charge in [0.1, 0.15) is 11.4 Å². The summed E-state index contributed by atoms with van der Waals surface area (Å²) in [5.74, 6) is -2.97. The predicted octanol–water partition coefficient (Wildman–Crippen LogP) is 3.24. The summed E-state index contributed by atoms with van der Waals surface area (Å²) in [5, 5.41) is 21.0. The van der Waals surface area contributed by atoms with Crippen LogP contribution < -0.4 is 5.32 Å². The van der Waals surface area contributed by atoms with E-state index in [2.05, 4.69) is 21.2 Å². The average Bonchev–Trinajstić information content (AvgIpc) is 2.43. The van der Waals surface area contributed by atoms with Crippen molar-refractivity contribution < 1.29 is 24.2 Å². The van der Waals surface area contributed by atoms with E-state index in [-0.39, 0.29) is 21.3 Å². The van der Waals surface area contributed by atoms with Gasteiger partial charge in [0.2, 0.25) is 0 Å². The van der Waals surface area contributed by atoms with Crippen molar-refractivity contribution in [1.82, 2.24) is 0 Å². The van der Waals surface area contributed by atoms with Crippen molar-refractivity contribution in [2.75, 3.05) is 5.32 Å². The number of phenols is 1. The molecule has 0 heterocycles. The van der Waals surface area contributed by atoms with E-state index in [1.807, 2.05) is 0 Å². The van der Waals surface area contributed by atoms with Gasteiger partial charge in [0.25, 0.3) is 5.91 Å². The lowest BCUT2D eigenvalue weighted by molar-refractivity contribution is 0.0693. The van der Waals surface area contributed by atoms with Gasteiger partial charge in [-0.05, 0) is 46.3 Å². The summed E-state index contributed by atoms with van der Waals surface area (Å²) in [6.07, 6.45) is 0. The molecule has 0 atom stereocenters. The lowest BCUT2D eigenvalue weighted by atomic mass is 10.1. The molecule has 0 unspecified atom stereocenters. The lowest BCUT2D eigenvalue weighted by Crippen LogP contribution is -2.13. The Morgan fingerprint density at radius 1 is 1.19 bits per heavy atom. The van der Waals surface area contributed by atoms with Gasteiger partial charge in [-0.25, -0.2) is 9.18 Å². The summed E-state index contributed by atoms with van der Waals surface area (Å²) in [7, 11) is 0. The van der Waals surface area contributed by atoms with Crippen LogP contribution in [0.1, 0.15) is 20.7 Å². The van der Waals surface area contributed by atoms with E-state index in [1.165, 1.54) is 30.3 Å². The second-order valence-corrected chi connectivity index (χ2v) is 4.94. The Morgan fingerprint density at radius 3 is 2.52 bits per heavy atom. The van der Waals surface area contributed by atoms with Crippen molar-refractivity contribution in [3.05, 3.63) is 57.8 Å². The molecule has 0 bridgehead atoms. The fraction of sp³-hybridized carbons (Fsp3) is 0. The first kappa shape index (κ1) is 15.0. The van der Waals surface area contributed by atoms with Crippen LogP contribution in [-0.4, -0.2) is 22.1 Å². The van der Waals surface area contributed by atoms with E-state index in [9.17, 15) is 19.1 Å². The molecule has 0 saturated heterocycles. The normalized spacial score (nSPS) is 10.2. The first-order valence-corrected chi connectivity index (χ1v) is 6.51. The summed E-state index contributed by atoms with van der Waals surface area (Å²) < 4.78 is 13.2. The van der Waals surface area contributed by atoms with Crippen molar-refractivity contribution >= 4 is 33.5 Å². The van der Waals surface area contributed by atoms with Crippen molar-refractivity contribution in [1.29, 1.82) is 0 Å². The van der Waals surface area contributed by atoms with Gasteiger partial charge < -0.3 is 15.5 Å². The fourth-order valence-electron chi connectivity index (χ4n) is 1.65. The van der Waals surface area contributed by atoms with Crippen LogP contribution in [0, 0.1) is 5.82 Å². The summed E-state index contributed by atoms with van der Waals surface area (Å²) in [6, 6.07) is 7.63. The summed E-state index contributed by atoms with van der Waals surface area (Å²) in [4.78, 5) is 22.9. The third kappa shape index (κ3) is 3.19. The maximum Gasteiger partial charge on any atom is 0.339 e. The van der Waals surface area contributed by atoms with E-state index in [1.54, 1.807) is 0 Å². The molecule has 0 aromatic heterocycles. The van der Waals surface area contributed by atoms with Crippen LogP contribution >= 0.6 is 15.9 Å². The molecule has 5 nitrogen and oxygen atoms in total. The van der Waals surface area contributed by atoms with Gasteiger partial charge in [-0.1, -0.05) is 6.07 Å². The number of hydrogen-bond donors (Lipinski definition) is 3. The van der Waals surface area contributed by atoms with Crippen LogP contribution in [0.25, 0.3) is 0 Å². The number of halogens is 2. The van der Waals surface area contributed by atoms with Gasteiger partial charge >= 0.3 is 5.97 Å². The van der Waals surface area contributed by atoms with Gasteiger partial charge in [0.05, 0.1) is 10.2 Å². The maximum absolute atomic E-state index is 13.1. The Hall–Kier alpha value is -2.41. The number of carboxylic acid groups (broad SMARTS) is 1. The minimum atomic E-state index is -1.31. The molecule has 2 rings (SSSR count). The van der Waals surface area contributed by atoms with E-state index < -0.39 is 23.4 Å².